The minimum absolute atomic E-state index is 0.397. The van der Waals surface area contributed by atoms with E-state index in [0.717, 1.165) is 28.9 Å². The first kappa shape index (κ1) is 11.6. The molecular formula is C15H16N2S. The number of fused-ring (bicyclic) bond motifs is 1. The van der Waals surface area contributed by atoms with Crippen LogP contribution in [0.2, 0.25) is 0 Å². The molecular weight excluding hydrogens is 240 g/mol. The maximum atomic E-state index is 5.35. The third-order valence-electron chi connectivity index (χ3n) is 3.81. The van der Waals surface area contributed by atoms with Crippen molar-refractivity contribution in [3.63, 3.8) is 0 Å². The Labute approximate surface area is 112 Å². The van der Waals surface area contributed by atoms with E-state index in [-0.39, 0.29) is 0 Å². The number of nitrogens with zero attached hydrogens (tertiary/aromatic N) is 1. The zero-order chi connectivity index (χ0) is 12.7. The number of rotatable bonds is 2. The SMILES string of the molecule is CCc1[nH]c(C2Cc3ccccc32)nc(=S)c1C. The van der Waals surface area contributed by atoms with Crippen molar-refractivity contribution in [3.8, 4) is 0 Å². The van der Waals surface area contributed by atoms with Crippen LogP contribution in [0.3, 0.4) is 0 Å². The fraction of sp³-hybridized carbons (Fsp3) is 0.333. The van der Waals surface area contributed by atoms with Gasteiger partial charge in [0.1, 0.15) is 10.5 Å². The lowest BCUT2D eigenvalue weighted by Crippen LogP contribution is -2.21. The van der Waals surface area contributed by atoms with Crippen LogP contribution in [0.5, 0.6) is 0 Å². The highest BCUT2D eigenvalue weighted by Crippen LogP contribution is 2.38. The van der Waals surface area contributed by atoms with Crippen molar-refractivity contribution in [3.05, 3.63) is 57.1 Å². The zero-order valence-electron chi connectivity index (χ0n) is 10.7. The first-order valence-electron chi connectivity index (χ1n) is 6.38. The molecule has 3 heteroatoms. The molecule has 0 radical (unpaired) electrons. The number of nitrogens with one attached hydrogen (secondary N) is 1. The van der Waals surface area contributed by atoms with E-state index >= 15 is 0 Å². The number of aromatic nitrogens is 2. The highest BCUT2D eigenvalue weighted by molar-refractivity contribution is 7.71. The van der Waals surface area contributed by atoms with Crippen molar-refractivity contribution in [2.24, 2.45) is 0 Å². The summed E-state index contributed by atoms with van der Waals surface area (Å²) in [5, 5.41) is 0. The Balaban J connectivity index is 2.06. The second-order valence-electron chi connectivity index (χ2n) is 4.84. The van der Waals surface area contributed by atoms with Gasteiger partial charge in [0.25, 0.3) is 0 Å². The topological polar surface area (TPSA) is 28.7 Å². The highest BCUT2D eigenvalue weighted by atomic mass is 32.1. The van der Waals surface area contributed by atoms with E-state index < -0.39 is 0 Å². The molecule has 2 nitrogen and oxygen atoms in total. The Morgan fingerprint density at radius 1 is 1.39 bits per heavy atom. The van der Waals surface area contributed by atoms with Crippen LogP contribution in [0.1, 0.15) is 41.1 Å². The minimum Gasteiger partial charge on any atom is -0.346 e. The number of hydrogen-bond acceptors (Lipinski definition) is 2. The van der Waals surface area contributed by atoms with Gasteiger partial charge >= 0.3 is 0 Å². The summed E-state index contributed by atoms with van der Waals surface area (Å²) in [6.07, 6.45) is 2.04. The molecule has 1 unspecified atom stereocenters. The summed E-state index contributed by atoms with van der Waals surface area (Å²) < 4.78 is 0.741. The summed E-state index contributed by atoms with van der Waals surface area (Å²) in [6, 6.07) is 8.56. The van der Waals surface area contributed by atoms with Crippen LogP contribution in [0, 0.1) is 11.6 Å². The fourth-order valence-electron chi connectivity index (χ4n) is 2.62. The van der Waals surface area contributed by atoms with E-state index in [1.807, 2.05) is 6.92 Å². The van der Waals surface area contributed by atoms with E-state index in [1.165, 1.54) is 16.8 Å². The van der Waals surface area contributed by atoms with E-state index in [0.29, 0.717) is 5.92 Å². The summed E-state index contributed by atoms with van der Waals surface area (Å²) in [4.78, 5) is 8.03. The van der Waals surface area contributed by atoms with Gasteiger partial charge in [-0.05, 0) is 30.9 Å². The monoisotopic (exact) mass is 256 g/mol. The van der Waals surface area contributed by atoms with Crippen LogP contribution in [-0.4, -0.2) is 9.97 Å². The van der Waals surface area contributed by atoms with Crippen molar-refractivity contribution in [2.45, 2.75) is 32.6 Å². The van der Waals surface area contributed by atoms with Crippen molar-refractivity contribution in [1.82, 2.24) is 9.97 Å². The van der Waals surface area contributed by atoms with Gasteiger partial charge in [-0.3, -0.25) is 0 Å². The summed E-state index contributed by atoms with van der Waals surface area (Å²) in [5.74, 6) is 1.43. The number of H-pyrrole nitrogens is 1. The molecule has 1 aliphatic carbocycles. The molecule has 0 bridgehead atoms. The molecule has 0 fully saturated rings. The number of hydrogen-bond donors (Lipinski definition) is 1. The smallest absolute Gasteiger partial charge is 0.132 e. The zero-order valence-corrected chi connectivity index (χ0v) is 11.5. The molecule has 1 atom stereocenters. The van der Waals surface area contributed by atoms with E-state index in [9.17, 15) is 0 Å². The second kappa shape index (κ2) is 4.32. The van der Waals surface area contributed by atoms with Gasteiger partial charge in [0, 0.05) is 17.2 Å². The van der Waals surface area contributed by atoms with Crippen LogP contribution >= 0.6 is 12.2 Å². The van der Waals surface area contributed by atoms with Crippen LogP contribution in [0.15, 0.2) is 24.3 Å². The van der Waals surface area contributed by atoms with Crippen LogP contribution in [-0.2, 0) is 12.8 Å². The van der Waals surface area contributed by atoms with Gasteiger partial charge in [0.05, 0.1) is 0 Å². The molecule has 18 heavy (non-hydrogen) atoms. The minimum atomic E-state index is 0.397. The Morgan fingerprint density at radius 2 is 2.17 bits per heavy atom. The molecule has 1 N–H and O–H groups in total. The predicted molar refractivity (Wildman–Crippen MR) is 75.5 cm³/mol. The molecule has 0 aliphatic heterocycles. The van der Waals surface area contributed by atoms with Crippen LogP contribution in [0.4, 0.5) is 0 Å². The fourth-order valence-corrected chi connectivity index (χ4v) is 2.84. The van der Waals surface area contributed by atoms with Gasteiger partial charge < -0.3 is 4.98 Å². The molecule has 0 spiro atoms. The maximum absolute atomic E-state index is 5.35. The lowest BCUT2D eigenvalue weighted by Gasteiger charge is -2.29. The first-order valence-corrected chi connectivity index (χ1v) is 6.79. The molecule has 1 aliphatic rings. The average molecular weight is 256 g/mol. The molecule has 0 amide bonds. The lowest BCUT2D eigenvalue weighted by atomic mass is 9.77. The lowest BCUT2D eigenvalue weighted by molar-refractivity contribution is 0.650. The molecule has 0 saturated heterocycles. The number of aryl methyl sites for hydroxylation is 1. The molecule has 2 aromatic rings. The van der Waals surface area contributed by atoms with Gasteiger partial charge in [-0.25, -0.2) is 4.98 Å². The van der Waals surface area contributed by atoms with Gasteiger partial charge in [0.15, 0.2) is 0 Å². The third-order valence-corrected chi connectivity index (χ3v) is 4.21. The van der Waals surface area contributed by atoms with Crippen LogP contribution < -0.4 is 0 Å². The Hall–Kier alpha value is -1.48. The molecule has 92 valence electrons. The van der Waals surface area contributed by atoms with Gasteiger partial charge in [-0.1, -0.05) is 43.4 Å². The van der Waals surface area contributed by atoms with Crippen molar-refractivity contribution < 1.29 is 0 Å². The number of benzene rings is 1. The highest BCUT2D eigenvalue weighted by Gasteiger charge is 2.29. The van der Waals surface area contributed by atoms with Crippen molar-refractivity contribution in [1.29, 1.82) is 0 Å². The third kappa shape index (κ3) is 1.70. The van der Waals surface area contributed by atoms with E-state index in [1.54, 1.807) is 0 Å². The summed E-state index contributed by atoms with van der Waals surface area (Å²) in [5.41, 5.74) is 5.15. The summed E-state index contributed by atoms with van der Waals surface area (Å²) in [7, 11) is 0. The molecule has 0 saturated carbocycles. The Kier molecular flexibility index (Phi) is 2.78. The van der Waals surface area contributed by atoms with Crippen molar-refractivity contribution in [2.75, 3.05) is 0 Å². The molecule has 1 heterocycles. The Bertz CT molecular complexity index is 658. The standard InChI is InChI=1S/C15H16N2S/c1-3-13-9(2)15(18)17-14(16-13)12-8-10-6-4-5-7-11(10)12/h4-7,12H,3,8H2,1-2H3,(H,16,17,18). The maximum Gasteiger partial charge on any atom is 0.132 e. The molecule has 1 aromatic carbocycles. The van der Waals surface area contributed by atoms with Gasteiger partial charge in [-0.15, -0.1) is 0 Å². The van der Waals surface area contributed by atoms with Crippen LogP contribution in [0.25, 0.3) is 0 Å². The van der Waals surface area contributed by atoms with E-state index in [2.05, 4.69) is 41.2 Å². The number of aromatic amines is 1. The quantitative estimate of drug-likeness (QED) is 0.830. The average Bonchev–Trinajstić information content (AvgIpc) is 2.35. The first-order chi connectivity index (χ1) is 8.70. The summed E-state index contributed by atoms with van der Waals surface area (Å²) >= 11 is 5.35. The van der Waals surface area contributed by atoms with Gasteiger partial charge in [0.2, 0.25) is 0 Å². The van der Waals surface area contributed by atoms with E-state index in [4.69, 9.17) is 12.2 Å². The normalized spacial score (nSPS) is 17.1. The predicted octanol–water partition coefficient (Wildman–Crippen LogP) is 3.70. The van der Waals surface area contributed by atoms with Crippen molar-refractivity contribution >= 4 is 12.2 Å². The largest absolute Gasteiger partial charge is 0.346 e. The second-order valence-corrected chi connectivity index (χ2v) is 5.23. The Morgan fingerprint density at radius 3 is 2.89 bits per heavy atom. The molecule has 1 aromatic heterocycles. The van der Waals surface area contributed by atoms with Gasteiger partial charge in [-0.2, -0.15) is 0 Å². The summed E-state index contributed by atoms with van der Waals surface area (Å²) in [6.45, 7) is 4.19. The molecule has 3 rings (SSSR count).